The van der Waals surface area contributed by atoms with Gasteiger partial charge in [0.15, 0.2) is 0 Å². The van der Waals surface area contributed by atoms with Gasteiger partial charge in [-0.1, -0.05) is 28.4 Å². The Morgan fingerprint density at radius 3 is 2.75 bits per heavy atom. The second-order valence-corrected chi connectivity index (χ2v) is 4.21. The molecule has 0 aliphatic rings. The van der Waals surface area contributed by atoms with Crippen LogP contribution in [0.2, 0.25) is 10.0 Å². The lowest BCUT2D eigenvalue weighted by atomic mass is 10.2. The van der Waals surface area contributed by atoms with Crippen LogP contribution in [0.5, 0.6) is 0 Å². The average Bonchev–Trinajstić information content (AvgIpc) is 2.70. The molecule has 84 valence electrons. The largest absolute Gasteiger partial charge is 0.337 e. The fourth-order valence-electron chi connectivity index (χ4n) is 1.20. The van der Waals surface area contributed by atoms with Gasteiger partial charge in [-0.25, -0.2) is 0 Å². The highest BCUT2D eigenvalue weighted by molar-refractivity contribution is 6.35. The third-order valence-corrected chi connectivity index (χ3v) is 2.57. The van der Waals surface area contributed by atoms with Crippen molar-refractivity contribution in [3.63, 3.8) is 0 Å². The number of halogens is 2. The van der Waals surface area contributed by atoms with Gasteiger partial charge in [-0.05, 0) is 25.1 Å². The van der Waals surface area contributed by atoms with Crippen LogP contribution in [0, 0.1) is 0 Å². The van der Waals surface area contributed by atoms with Crippen LogP contribution in [-0.4, -0.2) is 10.1 Å². The van der Waals surface area contributed by atoms with Gasteiger partial charge < -0.3 is 10.3 Å². The zero-order chi connectivity index (χ0) is 11.7. The van der Waals surface area contributed by atoms with Gasteiger partial charge in [0, 0.05) is 10.6 Å². The summed E-state index contributed by atoms with van der Waals surface area (Å²) in [6.07, 6.45) is 0. The monoisotopic (exact) mass is 257 g/mol. The van der Waals surface area contributed by atoms with Gasteiger partial charge in [-0.15, -0.1) is 0 Å². The first-order valence-electron chi connectivity index (χ1n) is 4.62. The number of aromatic nitrogens is 2. The third-order valence-electron chi connectivity index (χ3n) is 2.00. The van der Waals surface area contributed by atoms with Crippen LogP contribution in [0.1, 0.15) is 18.9 Å². The van der Waals surface area contributed by atoms with Gasteiger partial charge in [0.2, 0.25) is 11.7 Å². The Hall–Kier alpha value is -1.10. The van der Waals surface area contributed by atoms with E-state index in [0.29, 0.717) is 27.3 Å². The highest BCUT2D eigenvalue weighted by Gasteiger charge is 2.14. The van der Waals surface area contributed by atoms with Crippen LogP contribution < -0.4 is 5.73 Å². The Morgan fingerprint density at radius 2 is 2.12 bits per heavy atom. The van der Waals surface area contributed by atoms with E-state index in [1.165, 1.54) is 0 Å². The molecule has 0 saturated heterocycles. The number of rotatable bonds is 2. The summed E-state index contributed by atoms with van der Waals surface area (Å²) in [4.78, 5) is 4.14. The zero-order valence-electron chi connectivity index (χ0n) is 8.45. The molecule has 2 N–H and O–H groups in total. The quantitative estimate of drug-likeness (QED) is 0.898. The Balaban J connectivity index is 2.46. The summed E-state index contributed by atoms with van der Waals surface area (Å²) >= 11 is 11.9. The fourth-order valence-corrected chi connectivity index (χ4v) is 1.57. The van der Waals surface area contributed by atoms with Crippen molar-refractivity contribution in [2.24, 2.45) is 5.73 Å². The van der Waals surface area contributed by atoms with Crippen molar-refractivity contribution in [3.8, 4) is 11.4 Å². The number of nitrogens with zero attached hydrogens (tertiary/aromatic N) is 2. The van der Waals surface area contributed by atoms with Crippen molar-refractivity contribution in [1.82, 2.24) is 10.1 Å². The molecule has 1 unspecified atom stereocenters. The molecular formula is C10H9Cl2N3O. The smallest absolute Gasteiger partial charge is 0.243 e. The van der Waals surface area contributed by atoms with E-state index in [0.717, 1.165) is 0 Å². The van der Waals surface area contributed by atoms with Gasteiger partial charge >= 0.3 is 0 Å². The molecule has 0 fully saturated rings. The predicted octanol–water partition coefficient (Wildman–Crippen LogP) is 3.06. The number of hydrogen-bond donors (Lipinski definition) is 1. The topological polar surface area (TPSA) is 64.9 Å². The van der Waals surface area contributed by atoms with Gasteiger partial charge in [-0.2, -0.15) is 4.98 Å². The molecule has 1 aromatic heterocycles. The maximum Gasteiger partial charge on any atom is 0.243 e. The second-order valence-electron chi connectivity index (χ2n) is 3.37. The molecule has 0 aliphatic heterocycles. The standard InChI is InChI=1S/C10H9Cl2N3O/c1-5(13)10-14-9(15-16-10)7-4-6(11)2-3-8(7)12/h2-5H,13H2,1H3. The summed E-state index contributed by atoms with van der Waals surface area (Å²) in [7, 11) is 0. The van der Waals surface area contributed by atoms with Crippen LogP contribution in [-0.2, 0) is 0 Å². The minimum atomic E-state index is -0.306. The molecular weight excluding hydrogens is 249 g/mol. The van der Waals surface area contributed by atoms with E-state index in [2.05, 4.69) is 10.1 Å². The van der Waals surface area contributed by atoms with Crippen LogP contribution >= 0.6 is 23.2 Å². The maximum atomic E-state index is 6.01. The molecule has 0 aliphatic carbocycles. The van der Waals surface area contributed by atoms with Crippen molar-refractivity contribution in [2.45, 2.75) is 13.0 Å². The summed E-state index contributed by atoms with van der Waals surface area (Å²) in [5.41, 5.74) is 6.25. The van der Waals surface area contributed by atoms with E-state index in [-0.39, 0.29) is 6.04 Å². The van der Waals surface area contributed by atoms with E-state index in [9.17, 15) is 0 Å². The SMILES string of the molecule is CC(N)c1nc(-c2cc(Cl)ccc2Cl)no1. The van der Waals surface area contributed by atoms with E-state index in [1.807, 2.05) is 0 Å². The Morgan fingerprint density at radius 1 is 1.38 bits per heavy atom. The number of hydrogen-bond acceptors (Lipinski definition) is 4. The molecule has 2 rings (SSSR count). The maximum absolute atomic E-state index is 6.01. The summed E-state index contributed by atoms with van der Waals surface area (Å²) < 4.78 is 4.99. The summed E-state index contributed by atoms with van der Waals surface area (Å²) in [5, 5.41) is 4.88. The molecule has 1 aromatic carbocycles. The highest BCUT2D eigenvalue weighted by atomic mass is 35.5. The van der Waals surface area contributed by atoms with E-state index in [1.54, 1.807) is 25.1 Å². The van der Waals surface area contributed by atoms with Gasteiger partial charge in [-0.3, -0.25) is 0 Å². The molecule has 4 nitrogen and oxygen atoms in total. The second kappa shape index (κ2) is 4.41. The molecule has 16 heavy (non-hydrogen) atoms. The molecule has 1 heterocycles. The van der Waals surface area contributed by atoms with Crippen LogP contribution in [0.4, 0.5) is 0 Å². The van der Waals surface area contributed by atoms with Crippen molar-refractivity contribution in [2.75, 3.05) is 0 Å². The van der Waals surface area contributed by atoms with Gasteiger partial charge in [0.1, 0.15) is 0 Å². The molecule has 2 aromatic rings. The first kappa shape index (κ1) is 11.4. The average molecular weight is 258 g/mol. The molecule has 0 bridgehead atoms. The molecule has 0 amide bonds. The third kappa shape index (κ3) is 2.19. The van der Waals surface area contributed by atoms with Crippen LogP contribution in [0.15, 0.2) is 22.7 Å². The van der Waals surface area contributed by atoms with Crippen molar-refractivity contribution in [3.05, 3.63) is 34.1 Å². The van der Waals surface area contributed by atoms with Gasteiger partial charge in [0.05, 0.1) is 11.1 Å². The fraction of sp³-hybridized carbons (Fsp3) is 0.200. The highest BCUT2D eigenvalue weighted by Crippen LogP contribution is 2.28. The van der Waals surface area contributed by atoms with Crippen LogP contribution in [0.3, 0.4) is 0 Å². The minimum absolute atomic E-state index is 0.306. The first-order chi connectivity index (χ1) is 7.58. The predicted molar refractivity (Wildman–Crippen MR) is 62.4 cm³/mol. The summed E-state index contributed by atoms with van der Waals surface area (Å²) in [5.74, 6) is 0.755. The van der Waals surface area contributed by atoms with Crippen molar-refractivity contribution >= 4 is 23.2 Å². The van der Waals surface area contributed by atoms with E-state index >= 15 is 0 Å². The Bertz CT molecular complexity index is 511. The lowest BCUT2D eigenvalue weighted by molar-refractivity contribution is 0.362. The first-order valence-corrected chi connectivity index (χ1v) is 5.38. The molecule has 6 heteroatoms. The Kier molecular flexibility index (Phi) is 3.14. The number of nitrogens with two attached hydrogens (primary N) is 1. The number of benzene rings is 1. The Labute approximate surface area is 102 Å². The molecule has 0 saturated carbocycles. The van der Waals surface area contributed by atoms with Crippen LogP contribution in [0.25, 0.3) is 11.4 Å². The summed E-state index contributed by atoms with van der Waals surface area (Å²) in [6, 6.07) is 4.75. The van der Waals surface area contributed by atoms with Gasteiger partial charge in [0.25, 0.3) is 0 Å². The van der Waals surface area contributed by atoms with E-state index in [4.69, 9.17) is 33.5 Å². The normalized spacial score (nSPS) is 12.8. The van der Waals surface area contributed by atoms with Crippen molar-refractivity contribution in [1.29, 1.82) is 0 Å². The lowest BCUT2D eigenvalue weighted by Gasteiger charge is -1.98. The molecule has 0 radical (unpaired) electrons. The molecule has 1 atom stereocenters. The van der Waals surface area contributed by atoms with Crippen molar-refractivity contribution < 1.29 is 4.52 Å². The zero-order valence-corrected chi connectivity index (χ0v) is 9.96. The summed E-state index contributed by atoms with van der Waals surface area (Å²) in [6.45, 7) is 1.76. The van der Waals surface area contributed by atoms with E-state index < -0.39 is 0 Å². The lowest BCUT2D eigenvalue weighted by Crippen LogP contribution is -2.04. The molecule has 0 spiro atoms. The minimum Gasteiger partial charge on any atom is -0.337 e.